The van der Waals surface area contributed by atoms with Crippen LogP contribution < -0.4 is 0 Å². The highest BCUT2D eigenvalue weighted by molar-refractivity contribution is 5.13. The van der Waals surface area contributed by atoms with Gasteiger partial charge in [0.1, 0.15) is 0 Å². The van der Waals surface area contributed by atoms with Crippen LogP contribution in [-0.4, -0.2) is 166 Å². The lowest BCUT2D eigenvalue weighted by Gasteiger charge is -2.09. The first-order valence-corrected chi connectivity index (χ1v) is 15.9. The Morgan fingerprint density at radius 1 is 0.289 bits per heavy atom. The van der Waals surface area contributed by atoms with Crippen molar-refractivity contribution >= 4 is 0 Å². The van der Waals surface area contributed by atoms with Crippen LogP contribution in [0.1, 0.15) is 5.56 Å². The van der Waals surface area contributed by atoms with Crippen LogP contribution in [0.2, 0.25) is 0 Å². The molecule has 1 aromatic rings. The molecule has 1 aromatic carbocycles. The summed E-state index contributed by atoms with van der Waals surface area (Å²) in [4.78, 5) is 0. The zero-order chi connectivity index (χ0) is 32.0. The number of ether oxygens (including phenoxy) is 13. The maximum Gasteiger partial charge on any atom is 0.0718 e. The van der Waals surface area contributed by atoms with E-state index in [1.807, 2.05) is 30.3 Å². The SMILES string of the molecule is COCCOCCOCCOCCOCCOCCOCCOCCOCCOCCOCCOCCOCc1ccccc1. The fourth-order valence-electron chi connectivity index (χ4n) is 3.33. The van der Waals surface area contributed by atoms with Crippen molar-refractivity contribution in [3.8, 4) is 0 Å². The van der Waals surface area contributed by atoms with E-state index >= 15 is 0 Å². The largest absolute Gasteiger partial charge is 0.382 e. The van der Waals surface area contributed by atoms with E-state index in [1.54, 1.807) is 7.11 Å². The molecule has 0 aliphatic heterocycles. The molecule has 0 fully saturated rings. The van der Waals surface area contributed by atoms with Crippen LogP contribution in [0.4, 0.5) is 0 Å². The quantitative estimate of drug-likeness (QED) is 0.0972. The number of benzene rings is 1. The van der Waals surface area contributed by atoms with E-state index in [-0.39, 0.29) is 0 Å². The Kier molecular flexibility index (Phi) is 34.5. The number of methoxy groups -OCH3 is 1. The maximum atomic E-state index is 5.56. The molecule has 0 N–H and O–H groups in total. The van der Waals surface area contributed by atoms with Crippen molar-refractivity contribution < 1.29 is 61.6 Å². The zero-order valence-electron chi connectivity index (χ0n) is 27.4. The normalized spacial score (nSPS) is 11.5. The van der Waals surface area contributed by atoms with E-state index in [2.05, 4.69) is 0 Å². The summed E-state index contributed by atoms with van der Waals surface area (Å²) < 4.78 is 70.4. The van der Waals surface area contributed by atoms with Crippen LogP contribution in [0.5, 0.6) is 0 Å². The molecule has 0 aliphatic rings. The Morgan fingerprint density at radius 2 is 0.511 bits per heavy atom. The highest BCUT2D eigenvalue weighted by atomic mass is 16.6. The van der Waals surface area contributed by atoms with Gasteiger partial charge in [-0.05, 0) is 5.56 Å². The van der Waals surface area contributed by atoms with Crippen molar-refractivity contribution in [1.29, 1.82) is 0 Å². The van der Waals surface area contributed by atoms with Crippen molar-refractivity contribution in [2.75, 3.05) is 166 Å². The third-order valence-corrected chi connectivity index (χ3v) is 5.64. The lowest BCUT2D eigenvalue weighted by Crippen LogP contribution is -2.15. The molecule has 0 saturated carbocycles. The summed E-state index contributed by atoms with van der Waals surface area (Å²) in [7, 11) is 1.65. The molecule has 45 heavy (non-hydrogen) atoms. The Labute approximate surface area is 269 Å². The molecule has 0 atom stereocenters. The second-order valence-electron chi connectivity index (χ2n) is 9.27. The Morgan fingerprint density at radius 3 is 0.756 bits per heavy atom. The molecule has 0 aromatic heterocycles. The monoisotopic (exact) mass is 650 g/mol. The van der Waals surface area contributed by atoms with E-state index in [4.69, 9.17) is 61.6 Å². The lowest BCUT2D eigenvalue weighted by atomic mass is 10.2. The third kappa shape index (κ3) is 33.9. The van der Waals surface area contributed by atoms with Crippen LogP contribution in [0, 0.1) is 0 Å². The van der Waals surface area contributed by atoms with E-state index in [1.165, 1.54) is 0 Å². The van der Waals surface area contributed by atoms with Crippen molar-refractivity contribution in [3.63, 3.8) is 0 Å². The maximum absolute atomic E-state index is 5.56. The summed E-state index contributed by atoms with van der Waals surface area (Å²) in [5, 5.41) is 0. The second-order valence-corrected chi connectivity index (χ2v) is 9.27. The molecule has 0 heterocycles. The molecule has 13 heteroatoms. The summed E-state index contributed by atoms with van der Waals surface area (Å²) in [6, 6.07) is 10.1. The fraction of sp³-hybridized carbons (Fsp3) is 0.812. The molecular formula is C32H58O13. The van der Waals surface area contributed by atoms with Gasteiger partial charge in [0.05, 0.1) is 165 Å². The lowest BCUT2D eigenvalue weighted by molar-refractivity contribution is -0.0289. The average Bonchev–Trinajstić information content (AvgIpc) is 3.06. The molecule has 0 radical (unpaired) electrons. The zero-order valence-corrected chi connectivity index (χ0v) is 27.4. The number of hydrogen-bond donors (Lipinski definition) is 0. The van der Waals surface area contributed by atoms with Gasteiger partial charge in [0.15, 0.2) is 0 Å². The van der Waals surface area contributed by atoms with Crippen LogP contribution in [0.3, 0.4) is 0 Å². The van der Waals surface area contributed by atoms with Crippen LogP contribution in [0.25, 0.3) is 0 Å². The van der Waals surface area contributed by atoms with E-state index in [9.17, 15) is 0 Å². The molecular weight excluding hydrogens is 592 g/mol. The van der Waals surface area contributed by atoms with E-state index < -0.39 is 0 Å². The molecule has 0 amide bonds. The highest BCUT2D eigenvalue weighted by Gasteiger charge is 1.97. The molecule has 0 aliphatic carbocycles. The number of rotatable bonds is 38. The summed E-state index contributed by atoms with van der Waals surface area (Å²) in [6.45, 7) is 13.4. The van der Waals surface area contributed by atoms with Gasteiger partial charge in [0.25, 0.3) is 0 Å². The second kappa shape index (κ2) is 37.2. The Hall–Kier alpha value is -1.30. The first kappa shape index (κ1) is 41.7. The predicted octanol–water partition coefficient (Wildman–Crippen LogP) is 2.03. The Balaban J connectivity index is 1.61. The average molecular weight is 651 g/mol. The highest BCUT2D eigenvalue weighted by Crippen LogP contribution is 2.00. The number of hydrogen-bond acceptors (Lipinski definition) is 13. The summed E-state index contributed by atoms with van der Waals surface area (Å²) >= 11 is 0. The van der Waals surface area contributed by atoms with Crippen LogP contribution in [0.15, 0.2) is 30.3 Å². The molecule has 0 bridgehead atoms. The third-order valence-electron chi connectivity index (χ3n) is 5.64. The molecule has 0 spiro atoms. The van der Waals surface area contributed by atoms with Crippen molar-refractivity contribution in [1.82, 2.24) is 0 Å². The minimum atomic E-state index is 0.512. The van der Waals surface area contributed by atoms with Gasteiger partial charge >= 0.3 is 0 Å². The molecule has 0 saturated heterocycles. The van der Waals surface area contributed by atoms with Crippen LogP contribution in [-0.2, 0) is 68.2 Å². The summed E-state index contributed by atoms with van der Waals surface area (Å²) in [5.74, 6) is 0. The van der Waals surface area contributed by atoms with Crippen molar-refractivity contribution in [3.05, 3.63) is 35.9 Å². The first-order chi connectivity index (χ1) is 22.4. The predicted molar refractivity (Wildman–Crippen MR) is 167 cm³/mol. The van der Waals surface area contributed by atoms with Gasteiger partial charge in [-0.1, -0.05) is 30.3 Å². The minimum absolute atomic E-state index is 0.512. The van der Waals surface area contributed by atoms with Crippen LogP contribution >= 0.6 is 0 Å². The van der Waals surface area contributed by atoms with Gasteiger partial charge in [-0.25, -0.2) is 0 Å². The Bertz CT molecular complexity index is 672. The minimum Gasteiger partial charge on any atom is -0.382 e. The van der Waals surface area contributed by atoms with Crippen molar-refractivity contribution in [2.24, 2.45) is 0 Å². The van der Waals surface area contributed by atoms with Crippen molar-refractivity contribution in [2.45, 2.75) is 6.61 Å². The molecule has 1 rings (SSSR count). The molecule has 0 unspecified atom stereocenters. The molecule has 13 nitrogen and oxygen atoms in total. The molecule has 264 valence electrons. The van der Waals surface area contributed by atoms with Gasteiger partial charge in [-0.15, -0.1) is 0 Å². The van der Waals surface area contributed by atoms with Gasteiger partial charge in [0.2, 0.25) is 0 Å². The topological polar surface area (TPSA) is 120 Å². The first-order valence-electron chi connectivity index (χ1n) is 15.9. The van der Waals surface area contributed by atoms with Gasteiger partial charge in [-0.3, -0.25) is 0 Å². The van der Waals surface area contributed by atoms with Gasteiger partial charge < -0.3 is 61.6 Å². The van der Waals surface area contributed by atoms with E-state index in [0.29, 0.717) is 165 Å². The smallest absolute Gasteiger partial charge is 0.0718 e. The van der Waals surface area contributed by atoms with Gasteiger partial charge in [0, 0.05) is 7.11 Å². The fourth-order valence-corrected chi connectivity index (χ4v) is 3.33. The van der Waals surface area contributed by atoms with Gasteiger partial charge in [-0.2, -0.15) is 0 Å². The van der Waals surface area contributed by atoms with E-state index in [0.717, 1.165) is 5.56 Å². The standard InChI is InChI=1S/C32H58O13/c1-33-7-8-34-9-10-35-11-12-36-13-14-37-15-16-38-17-18-39-19-20-40-21-22-41-23-24-42-25-26-43-27-28-44-29-30-45-31-32-5-3-2-4-6-32/h2-6H,7-31H2,1H3. The summed E-state index contributed by atoms with van der Waals surface area (Å²) in [5.41, 5.74) is 1.16. The summed E-state index contributed by atoms with van der Waals surface area (Å²) in [6.07, 6.45) is 0.